The second kappa shape index (κ2) is 8.83. The van der Waals surface area contributed by atoms with E-state index in [-0.39, 0.29) is 17.6 Å². The second-order valence-electron chi connectivity index (χ2n) is 7.60. The lowest BCUT2D eigenvalue weighted by molar-refractivity contribution is -0.118. The van der Waals surface area contributed by atoms with Crippen molar-refractivity contribution in [2.75, 3.05) is 17.3 Å². The monoisotopic (exact) mass is 423 g/mol. The number of hydrogen-bond acceptors (Lipinski definition) is 6. The van der Waals surface area contributed by atoms with Crippen LogP contribution in [0.4, 0.5) is 5.13 Å². The van der Waals surface area contributed by atoms with E-state index in [0.717, 1.165) is 11.8 Å². The van der Waals surface area contributed by atoms with Gasteiger partial charge < -0.3 is 10.6 Å². The molecule has 2 amide bonds. The van der Waals surface area contributed by atoms with Crippen LogP contribution >= 0.6 is 11.3 Å². The van der Waals surface area contributed by atoms with Crippen molar-refractivity contribution < 1.29 is 18.0 Å². The fourth-order valence-electron chi connectivity index (χ4n) is 2.44. The van der Waals surface area contributed by atoms with Gasteiger partial charge in [-0.2, -0.15) is 0 Å². The first-order valence-corrected chi connectivity index (χ1v) is 11.7. The molecule has 1 heterocycles. The van der Waals surface area contributed by atoms with Crippen LogP contribution in [0.15, 0.2) is 35.8 Å². The lowest BCUT2D eigenvalue weighted by Gasteiger charge is -2.20. The minimum Gasteiger partial charge on any atom is -0.340 e. The third-order valence-electron chi connectivity index (χ3n) is 4.07. The van der Waals surface area contributed by atoms with Gasteiger partial charge in [0.2, 0.25) is 5.91 Å². The average Bonchev–Trinajstić information content (AvgIpc) is 3.09. The third kappa shape index (κ3) is 6.72. The maximum Gasteiger partial charge on any atom is 0.251 e. The van der Waals surface area contributed by atoms with Crippen molar-refractivity contribution in [1.29, 1.82) is 0 Å². The Hall–Kier alpha value is -2.26. The van der Waals surface area contributed by atoms with Crippen molar-refractivity contribution in [1.82, 2.24) is 10.3 Å². The fraction of sp³-hybridized carbons (Fsp3) is 0.421. The maximum absolute atomic E-state index is 12.6. The number of rotatable bonds is 7. The number of aromatic nitrogens is 1. The van der Waals surface area contributed by atoms with E-state index in [4.69, 9.17) is 0 Å². The van der Waals surface area contributed by atoms with E-state index in [2.05, 4.69) is 36.4 Å². The summed E-state index contributed by atoms with van der Waals surface area (Å²) in [4.78, 5) is 29.1. The molecule has 0 aliphatic rings. The SMILES string of the molecule is CC(C)(C)c1ccc(C(=O)N[C@H](CCS(C)(=O)=O)C(=O)Nc2nccs2)cc1. The number of carbonyl (C=O) groups excluding carboxylic acids is 2. The molecule has 28 heavy (non-hydrogen) atoms. The summed E-state index contributed by atoms with van der Waals surface area (Å²) < 4.78 is 23.0. The molecule has 1 atom stereocenters. The van der Waals surface area contributed by atoms with Crippen LogP contribution in [0.3, 0.4) is 0 Å². The minimum atomic E-state index is -3.28. The molecular formula is C19H25N3O4S2. The van der Waals surface area contributed by atoms with Crippen LogP contribution in [-0.4, -0.2) is 43.3 Å². The Kier molecular flexibility index (Phi) is 6.95. The van der Waals surface area contributed by atoms with Gasteiger partial charge in [0.15, 0.2) is 5.13 Å². The van der Waals surface area contributed by atoms with E-state index in [1.807, 2.05) is 12.1 Å². The molecule has 0 bridgehead atoms. The van der Waals surface area contributed by atoms with E-state index in [9.17, 15) is 18.0 Å². The predicted octanol–water partition coefficient (Wildman–Crippen LogP) is 2.61. The van der Waals surface area contributed by atoms with Gasteiger partial charge in [-0.15, -0.1) is 11.3 Å². The molecule has 9 heteroatoms. The van der Waals surface area contributed by atoms with Gasteiger partial charge in [-0.3, -0.25) is 9.59 Å². The first-order chi connectivity index (χ1) is 13.0. The Balaban J connectivity index is 2.13. The van der Waals surface area contributed by atoms with Gasteiger partial charge in [0, 0.05) is 23.4 Å². The van der Waals surface area contributed by atoms with E-state index < -0.39 is 27.7 Å². The predicted molar refractivity (Wildman–Crippen MR) is 111 cm³/mol. The highest BCUT2D eigenvalue weighted by atomic mass is 32.2. The molecule has 0 fully saturated rings. The number of hydrogen-bond donors (Lipinski definition) is 2. The molecule has 1 aromatic heterocycles. The van der Waals surface area contributed by atoms with Crippen LogP contribution in [0.1, 0.15) is 43.1 Å². The van der Waals surface area contributed by atoms with Gasteiger partial charge in [0.1, 0.15) is 15.9 Å². The summed E-state index contributed by atoms with van der Waals surface area (Å²) in [6.07, 6.45) is 2.61. The summed E-state index contributed by atoms with van der Waals surface area (Å²) in [6, 6.07) is 6.14. The number of nitrogens with zero attached hydrogens (tertiary/aromatic N) is 1. The van der Waals surface area contributed by atoms with Gasteiger partial charge in [-0.05, 0) is 29.5 Å². The summed E-state index contributed by atoms with van der Waals surface area (Å²) in [5, 5.41) is 7.33. The Morgan fingerprint density at radius 2 is 1.82 bits per heavy atom. The fourth-order valence-corrected chi connectivity index (χ4v) is 3.64. The Morgan fingerprint density at radius 1 is 1.18 bits per heavy atom. The van der Waals surface area contributed by atoms with Gasteiger partial charge in [-0.1, -0.05) is 32.9 Å². The lowest BCUT2D eigenvalue weighted by Crippen LogP contribution is -2.44. The van der Waals surface area contributed by atoms with Crippen LogP contribution in [0, 0.1) is 0 Å². The number of anilines is 1. The highest BCUT2D eigenvalue weighted by molar-refractivity contribution is 7.90. The van der Waals surface area contributed by atoms with Crippen molar-refractivity contribution in [3.8, 4) is 0 Å². The molecule has 2 rings (SSSR count). The van der Waals surface area contributed by atoms with Crippen LogP contribution in [-0.2, 0) is 20.0 Å². The van der Waals surface area contributed by atoms with Crippen molar-refractivity contribution >= 4 is 38.1 Å². The zero-order chi connectivity index (χ0) is 20.9. The molecule has 2 aromatic rings. The molecule has 0 radical (unpaired) electrons. The lowest BCUT2D eigenvalue weighted by atomic mass is 9.86. The van der Waals surface area contributed by atoms with E-state index in [1.165, 1.54) is 11.3 Å². The molecule has 0 spiro atoms. The van der Waals surface area contributed by atoms with Crippen molar-refractivity contribution in [2.24, 2.45) is 0 Å². The molecule has 0 saturated heterocycles. The minimum absolute atomic E-state index is 0.0259. The Bertz CT molecular complexity index is 915. The number of amides is 2. The molecule has 152 valence electrons. The van der Waals surface area contributed by atoms with E-state index >= 15 is 0 Å². The zero-order valence-corrected chi connectivity index (χ0v) is 18.0. The van der Waals surface area contributed by atoms with Gasteiger partial charge in [-0.25, -0.2) is 13.4 Å². The first kappa shape index (κ1) is 22.0. The number of carbonyl (C=O) groups is 2. The van der Waals surface area contributed by atoms with Gasteiger partial charge >= 0.3 is 0 Å². The summed E-state index contributed by atoms with van der Waals surface area (Å²) in [6.45, 7) is 6.23. The Morgan fingerprint density at radius 3 is 2.32 bits per heavy atom. The first-order valence-electron chi connectivity index (χ1n) is 8.75. The van der Waals surface area contributed by atoms with Gasteiger partial charge in [0.25, 0.3) is 5.91 Å². The number of thiazole rings is 1. The quantitative estimate of drug-likeness (QED) is 0.712. The highest BCUT2D eigenvalue weighted by Gasteiger charge is 2.24. The molecule has 0 unspecified atom stereocenters. The van der Waals surface area contributed by atoms with E-state index in [1.54, 1.807) is 23.7 Å². The molecule has 0 aliphatic carbocycles. The highest BCUT2D eigenvalue weighted by Crippen LogP contribution is 2.22. The average molecular weight is 424 g/mol. The number of benzene rings is 1. The smallest absolute Gasteiger partial charge is 0.251 e. The molecular weight excluding hydrogens is 398 g/mol. The summed E-state index contributed by atoms with van der Waals surface area (Å²) in [7, 11) is -3.28. The second-order valence-corrected chi connectivity index (χ2v) is 10.8. The topological polar surface area (TPSA) is 105 Å². The van der Waals surface area contributed by atoms with Crippen molar-refractivity contribution in [2.45, 2.75) is 38.6 Å². The largest absolute Gasteiger partial charge is 0.340 e. The maximum atomic E-state index is 12.6. The summed E-state index contributed by atoms with van der Waals surface area (Å²) >= 11 is 1.24. The Labute approximate surface area is 169 Å². The molecule has 2 N–H and O–H groups in total. The molecule has 0 aliphatic heterocycles. The van der Waals surface area contributed by atoms with Gasteiger partial charge in [0.05, 0.1) is 5.75 Å². The number of nitrogens with one attached hydrogen (secondary N) is 2. The molecule has 0 saturated carbocycles. The van der Waals surface area contributed by atoms with Crippen LogP contribution in [0.25, 0.3) is 0 Å². The zero-order valence-electron chi connectivity index (χ0n) is 16.4. The van der Waals surface area contributed by atoms with Crippen LogP contribution in [0.5, 0.6) is 0 Å². The molecule has 7 nitrogen and oxygen atoms in total. The number of sulfone groups is 1. The third-order valence-corrected chi connectivity index (χ3v) is 5.74. The van der Waals surface area contributed by atoms with Crippen LogP contribution in [0.2, 0.25) is 0 Å². The normalized spacial score (nSPS) is 13.0. The summed E-state index contributed by atoms with van der Waals surface area (Å²) in [5.41, 5.74) is 1.44. The van der Waals surface area contributed by atoms with E-state index in [0.29, 0.717) is 10.7 Å². The van der Waals surface area contributed by atoms with Crippen molar-refractivity contribution in [3.05, 3.63) is 47.0 Å². The van der Waals surface area contributed by atoms with Crippen molar-refractivity contribution in [3.63, 3.8) is 0 Å². The standard InChI is InChI=1S/C19H25N3O4S2/c1-19(2,3)14-7-5-13(6-8-14)16(23)21-15(9-12-28(4,25)26)17(24)22-18-20-10-11-27-18/h5-8,10-11,15H,9,12H2,1-4H3,(H,21,23)(H,20,22,24)/t15-/m1/s1. The van der Waals surface area contributed by atoms with Crippen LogP contribution < -0.4 is 10.6 Å². The summed E-state index contributed by atoms with van der Waals surface area (Å²) in [5.74, 6) is -1.15. The molecule has 1 aromatic carbocycles.